The van der Waals surface area contributed by atoms with Crippen LogP contribution in [0, 0.1) is 4.77 Å². The molecule has 0 spiro atoms. The van der Waals surface area contributed by atoms with Crippen LogP contribution < -0.4 is 5.56 Å². The fourth-order valence-corrected chi connectivity index (χ4v) is 3.96. The van der Waals surface area contributed by atoms with Gasteiger partial charge in [0.15, 0.2) is 22.8 Å². The summed E-state index contributed by atoms with van der Waals surface area (Å²) in [5, 5.41) is 0. The van der Waals surface area contributed by atoms with Crippen molar-refractivity contribution in [2.24, 2.45) is 0 Å². The van der Waals surface area contributed by atoms with Gasteiger partial charge in [-0.1, -0.05) is 36.4 Å². The number of rotatable bonds is 6. The van der Waals surface area contributed by atoms with Gasteiger partial charge in [-0.3, -0.25) is 14.3 Å². The molecule has 0 aliphatic carbocycles. The van der Waals surface area contributed by atoms with Crippen LogP contribution in [0.25, 0.3) is 0 Å². The first-order chi connectivity index (χ1) is 16.3. The average molecular weight is 485 g/mol. The Morgan fingerprint density at radius 1 is 1.06 bits per heavy atom. The standard InChI is InChI=1S/C24H21FN2O6S/c1-24(33-21(30)16-10-6-3-7-11-16)19(25)17(14-31-20(29)15-8-4-2-5-9-15)32-22(24)27-13-12-18(28)26-23(27)34/h2-13,17,19,22H,14H2,1H3,(H,26,28,34)/t17?,19-,22+,24?/m0/s1. The minimum absolute atomic E-state index is 0.0476. The topological polar surface area (TPSA) is 99.6 Å². The average Bonchev–Trinajstić information content (AvgIpc) is 3.08. The summed E-state index contributed by atoms with van der Waals surface area (Å²) in [6.45, 7) is 0.940. The van der Waals surface area contributed by atoms with Crippen molar-refractivity contribution in [3.8, 4) is 0 Å². The van der Waals surface area contributed by atoms with Crippen LogP contribution in [0.2, 0.25) is 0 Å². The van der Waals surface area contributed by atoms with Crippen LogP contribution in [0.15, 0.2) is 77.7 Å². The Morgan fingerprint density at radius 2 is 1.65 bits per heavy atom. The number of hydrogen-bond donors (Lipinski definition) is 1. The maximum absolute atomic E-state index is 15.8. The molecule has 4 atom stereocenters. The second-order valence-corrected chi connectivity index (χ2v) is 8.24. The molecule has 3 aromatic rings. The van der Waals surface area contributed by atoms with Crippen LogP contribution in [0.1, 0.15) is 33.9 Å². The van der Waals surface area contributed by atoms with Gasteiger partial charge in [0.05, 0.1) is 11.1 Å². The highest BCUT2D eigenvalue weighted by Crippen LogP contribution is 2.43. The molecule has 34 heavy (non-hydrogen) atoms. The molecule has 4 rings (SSSR count). The van der Waals surface area contributed by atoms with Crippen molar-refractivity contribution in [3.05, 3.63) is 99.2 Å². The van der Waals surface area contributed by atoms with Crippen LogP contribution in [0.5, 0.6) is 0 Å². The molecule has 0 radical (unpaired) electrons. The van der Waals surface area contributed by atoms with Crippen LogP contribution in [-0.2, 0) is 14.2 Å². The number of aromatic nitrogens is 2. The van der Waals surface area contributed by atoms with E-state index in [1.165, 1.54) is 35.9 Å². The van der Waals surface area contributed by atoms with Crippen LogP contribution in [0.4, 0.5) is 4.39 Å². The van der Waals surface area contributed by atoms with E-state index in [1.54, 1.807) is 48.5 Å². The quantitative estimate of drug-likeness (QED) is 0.421. The lowest BCUT2D eigenvalue weighted by Gasteiger charge is -2.32. The maximum Gasteiger partial charge on any atom is 0.338 e. The molecule has 0 bridgehead atoms. The number of carbonyl (C=O) groups is 2. The Bertz CT molecular complexity index is 1300. The smallest absolute Gasteiger partial charge is 0.338 e. The number of nitrogens with one attached hydrogen (secondary N) is 1. The van der Waals surface area contributed by atoms with Gasteiger partial charge in [-0.15, -0.1) is 0 Å². The van der Waals surface area contributed by atoms with Gasteiger partial charge in [-0.2, -0.15) is 0 Å². The third-order valence-electron chi connectivity index (χ3n) is 5.48. The predicted molar refractivity (Wildman–Crippen MR) is 122 cm³/mol. The van der Waals surface area contributed by atoms with E-state index in [-0.39, 0.29) is 10.3 Å². The molecule has 10 heteroatoms. The first-order valence-electron chi connectivity index (χ1n) is 10.4. The maximum atomic E-state index is 15.8. The Kier molecular flexibility index (Phi) is 6.71. The van der Waals surface area contributed by atoms with E-state index in [4.69, 9.17) is 26.4 Å². The number of alkyl halides is 1. The Labute approximate surface area is 198 Å². The van der Waals surface area contributed by atoms with E-state index in [1.807, 2.05) is 0 Å². The van der Waals surface area contributed by atoms with Gasteiger partial charge in [-0.25, -0.2) is 14.0 Å². The molecular weight excluding hydrogens is 463 g/mol. The Hall–Kier alpha value is -3.63. The molecule has 0 saturated carbocycles. The molecule has 0 amide bonds. The fraction of sp³-hybridized carbons (Fsp3) is 0.250. The molecule has 1 saturated heterocycles. The summed E-state index contributed by atoms with van der Waals surface area (Å²) < 4.78 is 33.8. The number of nitrogens with zero attached hydrogens (tertiary/aromatic N) is 1. The van der Waals surface area contributed by atoms with Crippen LogP contribution in [-0.4, -0.2) is 46.0 Å². The normalized spacial score (nSPS) is 23.9. The summed E-state index contributed by atoms with van der Waals surface area (Å²) >= 11 is 5.21. The monoisotopic (exact) mass is 484 g/mol. The van der Waals surface area contributed by atoms with E-state index >= 15 is 4.39 Å². The Morgan fingerprint density at radius 3 is 2.24 bits per heavy atom. The molecule has 8 nitrogen and oxygen atoms in total. The number of benzene rings is 2. The van der Waals surface area contributed by atoms with Crippen molar-refractivity contribution in [3.63, 3.8) is 0 Å². The van der Waals surface area contributed by atoms with Gasteiger partial charge in [-0.05, 0) is 43.4 Å². The molecule has 2 heterocycles. The van der Waals surface area contributed by atoms with Crippen molar-refractivity contribution in [1.82, 2.24) is 9.55 Å². The summed E-state index contributed by atoms with van der Waals surface area (Å²) in [7, 11) is 0. The number of halogens is 1. The third-order valence-corrected chi connectivity index (χ3v) is 5.80. The summed E-state index contributed by atoms with van der Waals surface area (Å²) in [5.41, 5.74) is -1.78. The number of hydrogen-bond acceptors (Lipinski definition) is 7. The Balaban J connectivity index is 1.62. The van der Waals surface area contributed by atoms with E-state index in [9.17, 15) is 14.4 Å². The largest absolute Gasteiger partial charge is 0.459 e. The van der Waals surface area contributed by atoms with Crippen molar-refractivity contribution >= 4 is 24.2 Å². The molecule has 176 valence electrons. The summed E-state index contributed by atoms with van der Waals surface area (Å²) in [5.74, 6) is -1.42. The number of carbonyl (C=O) groups excluding carboxylic acids is 2. The predicted octanol–water partition coefficient (Wildman–Crippen LogP) is 3.61. The minimum Gasteiger partial charge on any atom is -0.459 e. The number of esters is 2. The minimum atomic E-state index is -1.89. The zero-order valence-electron chi connectivity index (χ0n) is 18.1. The van der Waals surface area contributed by atoms with Gasteiger partial charge in [0.25, 0.3) is 5.56 Å². The highest BCUT2D eigenvalue weighted by Gasteiger charge is 2.59. The van der Waals surface area contributed by atoms with Crippen molar-refractivity contribution in [2.45, 2.75) is 31.0 Å². The van der Waals surface area contributed by atoms with E-state index in [0.29, 0.717) is 5.56 Å². The third kappa shape index (κ3) is 4.68. The lowest BCUT2D eigenvalue weighted by molar-refractivity contribution is -0.102. The number of H-pyrrole nitrogens is 1. The molecule has 1 fully saturated rings. The van der Waals surface area contributed by atoms with E-state index in [2.05, 4.69) is 4.98 Å². The zero-order valence-corrected chi connectivity index (χ0v) is 18.9. The van der Waals surface area contributed by atoms with Gasteiger partial charge < -0.3 is 14.2 Å². The van der Waals surface area contributed by atoms with Gasteiger partial charge in [0.1, 0.15) is 12.7 Å². The zero-order chi connectivity index (χ0) is 24.3. The van der Waals surface area contributed by atoms with Crippen molar-refractivity contribution in [1.29, 1.82) is 0 Å². The highest BCUT2D eigenvalue weighted by atomic mass is 32.1. The van der Waals surface area contributed by atoms with Crippen LogP contribution in [0.3, 0.4) is 0 Å². The number of ether oxygens (including phenoxy) is 3. The van der Waals surface area contributed by atoms with E-state index < -0.39 is 48.2 Å². The highest BCUT2D eigenvalue weighted by molar-refractivity contribution is 7.71. The fourth-order valence-electron chi connectivity index (χ4n) is 3.71. The van der Waals surface area contributed by atoms with Gasteiger partial charge in [0.2, 0.25) is 0 Å². The lowest BCUT2D eigenvalue weighted by atomic mass is 9.97. The molecule has 2 unspecified atom stereocenters. The molecule has 1 aliphatic heterocycles. The second-order valence-electron chi connectivity index (χ2n) is 7.85. The molecular formula is C24H21FN2O6S. The summed E-state index contributed by atoms with van der Waals surface area (Å²) in [6, 6.07) is 17.5. The summed E-state index contributed by atoms with van der Waals surface area (Å²) in [6.07, 6.45) is -3.06. The van der Waals surface area contributed by atoms with Crippen molar-refractivity contribution in [2.75, 3.05) is 6.61 Å². The van der Waals surface area contributed by atoms with E-state index in [0.717, 1.165) is 0 Å². The van der Waals surface area contributed by atoms with Crippen LogP contribution >= 0.6 is 12.2 Å². The second kappa shape index (κ2) is 9.70. The first-order valence-corrected chi connectivity index (χ1v) is 10.8. The first kappa shape index (κ1) is 23.5. The molecule has 1 N–H and O–H groups in total. The molecule has 1 aliphatic rings. The van der Waals surface area contributed by atoms with Gasteiger partial charge >= 0.3 is 11.9 Å². The molecule has 2 aromatic carbocycles. The summed E-state index contributed by atoms with van der Waals surface area (Å²) in [4.78, 5) is 39.2. The van der Waals surface area contributed by atoms with Crippen molar-refractivity contribution < 1.29 is 28.2 Å². The number of aromatic amines is 1. The lowest BCUT2D eigenvalue weighted by Crippen LogP contribution is -2.46. The SMILES string of the molecule is CC1(OC(=O)c2ccccc2)[C@@H](F)C(COC(=O)c2ccccc2)O[C@H]1n1ccc(=O)[nH]c1=S. The molecule has 1 aromatic heterocycles. The van der Waals surface area contributed by atoms with Gasteiger partial charge in [0, 0.05) is 12.3 Å².